The van der Waals surface area contributed by atoms with E-state index in [0.29, 0.717) is 24.6 Å². The van der Waals surface area contributed by atoms with Crippen molar-refractivity contribution in [3.05, 3.63) is 65.2 Å². The molecule has 5 nitrogen and oxygen atoms in total. The largest absolute Gasteiger partial charge is 0.484 e. The minimum absolute atomic E-state index is 0.0638. The molecule has 33 heavy (non-hydrogen) atoms. The first-order valence-electron chi connectivity index (χ1n) is 12.3. The Kier molecular flexibility index (Phi) is 8.93. The van der Waals surface area contributed by atoms with E-state index < -0.39 is 6.04 Å². The number of hydrogen-bond acceptors (Lipinski definition) is 3. The molecule has 1 atom stereocenters. The van der Waals surface area contributed by atoms with Crippen molar-refractivity contribution in [1.82, 2.24) is 10.2 Å². The van der Waals surface area contributed by atoms with Crippen molar-refractivity contribution in [2.45, 2.75) is 84.3 Å². The van der Waals surface area contributed by atoms with Gasteiger partial charge in [0, 0.05) is 12.6 Å². The Morgan fingerprint density at radius 2 is 1.67 bits per heavy atom. The summed E-state index contributed by atoms with van der Waals surface area (Å²) in [6.07, 6.45) is 4.89. The van der Waals surface area contributed by atoms with E-state index in [4.69, 9.17) is 4.74 Å². The number of hydrogen-bond donors (Lipinski definition) is 1. The van der Waals surface area contributed by atoms with Gasteiger partial charge in [0.25, 0.3) is 5.91 Å². The number of carbonyl (C=O) groups is 2. The average Bonchev–Trinajstić information content (AvgIpc) is 3.32. The molecule has 0 bridgehead atoms. The van der Waals surface area contributed by atoms with Crippen LogP contribution in [0.3, 0.4) is 0 Å². The molecule has 0 aliphatic heterocycles. The van der Waals surface area contributed by atoms with Crippen LogP contribution in [0.5, 0.6) is 5.75 Å². The first-order valence-corrected chi connectivity index (χ1v) is 12.3. The molecular formula is C28H38N2O3. The summed E-state index contributed by atoms with van der Waals surface area (Å²) in [7, 11) is 0. The van der Waals surface area contributed by atoms with Gasteiger partial charge in [-0.15, -0.1) is 0 Å². The standard InChI is InChI=1S/C28H38N2O3/c1-5-26(28(32)29-24-8-6-7-9-24)30(18-22-12-10-21(4)11-13-22)27(31)19-33-25-16-14-23(15-17-25)20(2)3/h10-17,20,24,26H,5-9,18-19H2,1-4H3,(H,29,32)/t26-/m0/s1. The van der Waals surface area contributed by atoms with Gasteiger partial charge in [-0.1, -0.05) is 75.6 Å². The van der Waals surface area contributed by atoms with Crippen molar-refractivity contribution in [2.75, 3.05) is 6.61 Å². The molecule has 178 valence electrons. The van der Waals surface area contributed by atoms with Crippen molar-refractivity contribution < 1.29 is 14.3 Å². The van der Waals surface area contributed by atoms with E-state index in [1.165, 1.54) is 5.56 Å². The molecule has 1 saturated carbocycles. The fraction of sp³-hybridized carbons (Fsp3) is 0.500. The highest BCUT2D eigenvalue weighted by Crippen LogP contribution is 2.21. The minimum Gasteiger partial charge on any atom is -0.484 e. The van der Waals surface area contributed by atoms with E-state index in [-0.39, 0.29) is 24.5 Å². The third-order valence-electron chi connectivity index (χ3n) is 6.47. The van der Waals surface area contributed by atoms with Gasteiger partial charge in [0.2, 0.25) is 5.91 Å². The third kappa shape index (κ3) is 7.08. The maximum atomic E-state index is 13.3. The highest BCUT2D eigenvalue weighted by atomic mass is 16.5. The molecule has 0 heterocycles. The Labute approximate surface area is 198 Å². The Morgan fingerprint density at radius 1 is 1.03 bits per heavy atom. The van der Waals surface area contributed by atoms with E-state index in [1.54, 1.807) is 4.90 Å². The van der Waals surface area contributed by atoms with Crippen molar-refractivity contribution in [3.8, 4) is 5.75 Å². The van der Waals surface area contributed by atoms with Crippen LogP contribution in [0.4, 0.5) is 0 Å². The van der Waals surface area contributed by atoms with Gasteiger partial charge in [0.05, 0.1) is 0 Å². The van der Waals surface area contributed by atoms with Gasteiger partial charge < -0.3 is 15.0 Å². The number of nitrogens with zero attached hydrogens (tertiary/aromatic N) is 1. The van der Waals surface area contributed by atoms with Gasteiger partial charge in [-0.3, -0.25) is 9.59 Å². The number of rotatable bonds is 10. The lowest BCUT2D eigenvalue weighted by molar-refractivity contribution is -0.143. The second kappa shape index (κ2) is 11.9. The highest BCUT2D eigenvalue weighted by molar-refractivity contribution is 5.88. The van der Waals surface area contributed by atoms with E-state index in [1.807, 2.05) is 62.4 Å². The van der Waals surface area contributed by atoms with E-state index in [9.17, 15) is 9.59 Å². The van der Waals surface area contributed by atoms with Crippen LogP contribution in [-0.4, -0.2) is 35.4 Å². The van der Waals surface area contributed by atoms with Crippen LogP contribution in [-0.2, 0) is 16.1 Å². The van der Waals surface area contributed by atoms with Gasteiger partial charge in [0.1, 0.15) is 11.8 Å². The minimum atomic E-state index is -0.522. The normalized spacial score (nSPS) is 14.8. The molecular weight excluding hydrogens is 412 g/mol. The summed E-state index contributed by atoms with van der Waals surface area (Å²) in [5.41, 5.74) is 3.39. The molecule has 0 unspecified atom stereocenters. The maximum absolute atomic E-state index is 13.3. The topological polar surface area (TPSA) is 58.6 Å². The Hall–Kier alpha value is -2.82. The molecule has 1 N–H and O–H groups in total. The summed E-state index contributed by atoms with van der Waals surface area (Å²) in [5, 5.41) is 3.18. The number of carbonyl (C=O) groups excluding carboxylic acids is 2. The van der Waals surface area contributed by atoms with Crippen LogP contribution in [0, 0.1) is 6.92 Å². The Bertz CT molecular complexity index is 900. The maximum Gasteiger partial charge on any atom is 0.261 e. The number of nitrogens with one attached hydrogen (secondary N) is 1. The molecule has 5 heteroatoms. The Balaban J connectivity index is 1.73. The van der Waals surface area contributed by atoms with Crippen molar-refractivity contribution in [3.63, 3.8) is 0 Å². The number of benzene rings is 2. The van der Waals surface area contributed by atoms with Gasteiger partial charge in [-0.25, -0.2) is 0 Å². The summed E-state index contributed by atoms with van der Waals surface area (Å²) in [6, 6.07) is 15.6. The van der Waals surface area contributed by atoms with Gasteiger partial charge in [-0.05, 0) is 55.4 Å². The van der Waals surface area contributed by atoms with Gasteiger partial charge >= 0.3 is 0 Å². The molecule has 2 amide bonds. The second-order valence-electron chi connectivity index (χ2n) is 9.43. The zero-order chi connectivity index (χ0) is 23.8. The second-order valence-corrected chi connectivity index (χ2v) is 9.43. The molecule has 0 aromatic heterocycles. The molecule has 2 aromatic carbocycles. The highest BCUT2D eigenvalue weighted by Gasteiger charge is 2.30. The van der Waals surface area contributed by atoms with Crippen LogP contribution in [0.15, 0.2) is 48.5 Å². The average molecular weight is 451 g/mol. The Morgan fingerprint density at radius 3 is 2.24 bits per heavy atom. The molecule has 1 aliphatic carbocycles. The fourth-order valence-electron chi connectivity index (χ4n) is 4.35. The molecule has 1 fully saturated rings. The van der Waals surface area contributed by atoms with Crippen molar-refractivity contribution in [2.24, 2.45) is 0 Å². The van der Waals surface area contributed by atoms with Crippen LogP contribution < -0.4 is 10.1 Å². The van der Waals surface area contributed by atoms with Crippen molar-refractivity contribution in [1.29, 1.82) is 0 Å². The molecule has 2 aromatic rings. The summed E-state index contributed by atoms with van der Waals surface area (Å²) in [5.74, 6) is 0.851. The molecule has 1 aliphatic rings. The molecule has 3 rings (SSSR count). The lowest BCUT2D eigenvalue weighted by atomic mass is 10.0. The van der Waals surface area contributed by atoms with Crippen LogP contribution in [0.25, 0.3) is 0 Å². The number of amides is 2. The van der Waals surface area contributed by atoms with Gasteiger partial charge in [-0.2, -0.15) is 0 Å². The van der Waals surface area contributed by atoms with Crippen molar-refractivity contribution >= 4 is 11.8 Å². The predicted molar refractivity (Wildman–Crippen MR) is 132 cm³/mol. The molecule has 0 saturated heterocycles. The van der Waals surface area contributed by atoms with Crippen LogP contribution in [0.1, 0.15) is 75.5 Å². The smallest absolute Gasteiger partial charge is 0.261 e. The zero-order valence-electron chi connectivity index (χ0n) is 20.5. The summed E-state index contributed by atoms with van der Waals surface area (Å²) < 4.78 is 5.83. The molecule has 0 spiro atoms. The quantitative estimate of drug-likeness (QED) is 0.530. The zero-order valence-corrected chi connectivity index (χ0v) is 20.5. The SMILES string of the molecule is CC[C@@H](C(=O)NC1CCCC1)N(Cc1ccc(C)cc1)C(=O)COc1ccc(C(C)C)cc1. The predicted octanol–water partition coefficient (Wildman–Crippen LogP) is 5.36. The number of aryl methyl sites for hydroxylation is 1. The summed E-state index contributed by atoms with van der Waals surface area (Å²) >= 11 is 0. The number of ether oxygens (including phenoxy) is 1. The fourth-order valence-corrected chi connectivity index (χ4v) is 4.35. The first kappa shape index (κ1) is 24.8. The van der Waals surface area contributed by atoms with Crippen LogP contribution >= 0.6 is 0 Å². The monoisotopic (exact) mass is 450 g/mol. The van der Waals surface area contributed by atoms with E-state index in [0.717, 1.165) is 36.8 Å². The summed E-state index contributed by atoms with van der Waals surface area (Å²) in [6.45, 7) is 8.56. The molecule has 0 radical (unpaired) electrons. The van der Waals surface area contributed by atoms with E-state index in [2.05, 4.69) is 19.2 Å². The van der Waals surface area contributed by atoms with Gasteiger partial charge in [0.15, 0.2) is 6.61 Å². The lowest BCUT2D eigenvalue weighted by Gasteiger charge is -2.31. The third-order valence-corrected chi connectivity index (χ3v) is 6.47. The lowest BCUT2D eigenvalue weighted by Crippen LogP contribution is -2.52. The van der Waals surface area contributed by atoms with E-state index >= 15 is 0 Å². The summed E-state index contributed by atoms with van der Waals surface area (Å²) in [4.78, 5) is 28.2. The van der Waals surface area contributed by atoms with Crippen LogP contribution in [0.2, 0.25) is 0 Å². The first-order chi connectivity index (χ1) is 15.9.